The molecule has 0 bridgehead atoms. The molecule has 1 aliphatic heterocycles. The lowest BCUT2D eigenvalue weighted by Crippen LogP contribution is -2.47. The van der Waals surface area contributed by atoms with Crippen LogP contribution in [0.25, 0.3) is 6.08 Å². The van der Waals surface area contributed by atoms with Crippen molar-refractivity contribution in [3.05, 3.63) is 101 Å². The normalized spacial score (nSPS) is 19.0. The second-order valence-corrected chi connectivity index (χ2v) is 11.2. The predicted octanol–water partition coefficient (Wildman–Crippen LogP) is 4.74. The van der Waals surface area contributed by atoms with E-state index in [9.17, 15) is 13.6 Å². The van der Waals surface area contributed by atoms with Crippen LogP contribution < -0.4 is 0 Å². The number of benzene rings is 2. The maximum absolute atomic E-state index is 15.3. The van der Waals surface area contributed by atoms with Gasteiger partial charge in [0.1, 0.15) is 36.7 Å². The summed E-state index contributed by atoms with van der Waals surface area (Å²) >= 11 is 1.30. The number of nitrogens with zero attached hydrogens (tertiary/aromatic N) is 4. The average molecular weight is 631 g/mol. The fourth-order valence-corrected chi connectivity index (χ4v) is 5.79. The minimum absolute atomic E-state index is 0.112. The van der Waals surface area contributed by atoms with Crippen molar-refractivity contribution >= 4 is 24.0 Å². The Hall–Kier alpha value is -4.16. The van der Waals surface area contributed by atoms with Gasteiger partial charge in [0.25, 0.3) is 0 Å². The number of ether oxygens (including phenoxy) is 4. The predicted molar refractivity (Wildman–Crippen MR) is 153 cm³/mol. The molecule has 2 aromatic carbocycles. The third-order valence-electron chi connectivity index (χ3n) is 6.56. The number of rotatable bonds is 12. The van der Waals surface area contributed by atoms with Gasteiger partial charge in [-0.3, -0.25) is 0 Å². The van der Waals surface area contributed by atoms with Gasteiger partial charge in [-0.25, -0.2) is 27.6 Å². The molecule has 0 aliphatic carbocycles. The number of carbonyl (C=O) groups is 1. The highest BCUT2D eigenvalue weighted by molar-refractivity contribution is 8.00. The Labute approximate surface area is 255 Å². The van der Waals surface area contributed by atoms with Gasteiger partial charge >= 0.3 is 6.16 Å². The number of hydrogen-bond acceptors (Lipinski definition) is 10. The molecule has 2 atom stereocenters. The minimum atomic E-state index is -1.76. The molecule has 3 aromatic rings. The molecule has 0 saturated carbocycles. The number of hydrogen-bond donors (Lipinski definition) is 1. The topological polar surface area (TPSA) is 129 Å². The molecule has 2 heterocycles. The summed E-state index contributed by atoms with van der Waals surface area (Å²) in [4.78, 5) is 16.6. The van der Waals surface area contributed by atoms with Crippen LogP contribution in [-0.4, -0.2) is 69.2 Å². The molecule has 1 aliphatic rings. The standard InChI is InChI=1S/C30H29F3N4O6S/c1-20(44-24-15-41-28(42-16-24)5-3-2-4-22-7-6-21(14-34)12-26(22)32)30(17-37-19-35-18-36-37,43-29(39)40-11-10-38)25-9-8-23(31)13-27(25)33/h2-9,12-13,18-20,24,28,38H,10-11,15-17H2,1H3/b4-2+,5-3+/t20-,24?,28?,30-/m1/s1. The van der Waals surface area contributed by atoms with Gasteiger partial charge in [0.15, 0.2) is 11.9 Å². The minimum Gasteiger partial charge on any atom is -0.432 e. The quantitative estimate of drug-likeness (QED) is 0.221. The average Bonchev–Trinajstić information content (AvgIpc) is 3.52. The van der Waals surface area contributed by atoms with E-state index in [2.05, 4.69) is 10.1 Å². The van der Waals surface area contributed by atoms with Gasteiger partial charge < -0.3 is 24.1 Å². The lowest BCUT2D eigenvalue weighted by molar-refractivity contribution is -0.146. The lowest BCUT2D eigenvalue weighted by Gasteiger charge is -2.40. The summed E-state index contributed by atoms with van der Waals surface area (Å²) < 4.78 is 67.0. The molecular weight excluding hydrogens is 601 g/mol. The number of aliphatic hydroxyl groups is 1. The zero-order valence-corrected chi connectivity index (χ0v) is 24.3. The van der Waals surface area contributed by atoms with Crippen LogP contribution in [0, 0.1) is 28.8 Å². The summed E-state index contributed by atoms with van der Waals surface area (Å²) in [6.07, 6.45) is 7.23. The summed E-state index contributed by atoms with van der Waals surface area (Å²) in [5.74, 6) is -2.27. The first kappa shape index (κ1) is 32.7. The van der Waals surface area contributed by atoms with E-state index in [0.29, 0.717) is 11.6 Å². The van der Waals surface area contributed by atoms with Gasteiger partial charge in [-0.1, -0.05) is 24.3 Å². The number of thioether (sulfide) groups is 1. The van der Waals surface area contributed by atoms with E-state index >= 15 is 4.39 Å². The highest BCUT2D eigenvalue weighted by Crippen LogP contribution is 2.42. The SMILES string of the molecule is C[C@@H](SC1COC(/C=C/C=C/c2ccc(C#N)cc2F)OC1)[C@@](Cn1cncn1)(OC(=O)OCCO)c1ccc(F)cc1F. The first-order valence-electron chi connectivity index (χ1n) is 13.4. The molecule has 10 nitrogen and oxygen atoms in total. The van der Waals surface area contributed by atoms with Gasteiger partial charge in [0.2, 0.25) is 0 Å². The Morgan fingerprint density at radius 1 is 1.23 bits per heavy atom. The Balaban J connectivity index is 1.47. The molecule has 0 unspecified atom stereocenters. The first-order valence-corrected chi connectivity index (χ1v) is 14.4. The number of halogens is 3. The monoisotopic (exact) mass is 630 g/mol. The summed E-state index contributed by atoms with van der Waals surface area (Å²) in [5.41, 5.74) is -1.32. The molecule has 0 radical (unpaired) electrons. The van der Waals surface area contributed by atoms with E-state index in [0.717, 1.165) is 12.1 Å². The van der Waals surface area contributed by atoms with Crippen LogP contribution in [-0.2, 0) is 31.1 Å². The summed E-state index contributed by atoms with van der Waals surface area (Å²) in [6, 6.07) is 9.01. The van der Waals surface area contributed by atoms with E-state index < -0.39 is 47.4 Å². The number of aliphatic hydroxyl groups excluding tert-OH is 1. The van der Waals surface area contributed by atoms with Crippen molar-refractivity contribution in [2.45, 2.75) is 35.9 Å². The Bertz CT molecular complexity index is 1510. The van der Waals surface area contributed by atoms with Crippen molar-refractivity contribution in [2.75, 3.05) is 26.4 Å². The van der Waals surface area contributed by atoms with Crippen LogP contribution in [0.1, 0.15) is 23.6 Å². The number of nitriles is 1. The van der Waals surface area contributed by atoms with E-state index in [1.807, 2.05) is 6.07 Å². The van der Waals surface area contributed by atoms with Crippen LogP contribution in [0.5, 0.6) is 0 Å². The Kier molecular flexibility index (Phi) is 11.6. The van der Waals surface area contributed by atoms with Crippen LogP contribution in [0.3, 0.4) is 0 Å². The van der Waals surface area contributed by atoms with E-state index in [1.54, 1.807) is 31.2 Å². The Morgan fingerprint density at radius 2 is 2.02 bits per heavy atom. The fraction of sp³-hybridized carbons (Fsp3) is 0.333. The summed E-state index contributed by atoms with van der Waals surface area (Å²) in [6.45, 7) is 1.17. The molecule has 232 valence electrons. The van der Waals surface area contributed by atoms with Crippen molar-refractivity contribution < 1.29 is 42.0 Å². The molecule has 4 rings (SSSR count). The number of allylic oxidation sites excluding steroid dienone is 2. The maximum Gasteiger partial charge on any atom is 0.509 e. The molecule has 14 heteroatoms. The van der Waals surface area contributed by atoms with Gasteiger partial charge in [0, 0.05) is 22.4 Å². The summed E-state index contributed by atoms with van der Waals surface area (Å²) in [5, 5.41) is 21.1. The second-order valence-electron chi connectivity index (χ2n) is 9.56. The maximum atomic E-state index is 15.3. The van der Waals surface area contributed by atoms with Gasteiger partial charge in [0.05, 0.1) is 43.2 Å². The molecule has 1 N–H and O–H groups in total. The van der Waals surface area contributed by atoms with Crippen LogP contribution >= 0.6 is 11.8 Å². The van der Waals surface area contributed by atoms with Gasteiger partial charge in [-0.15, -0.1) is 11.8 Å². The van der Waals surface area contributed by atoms with E-state index in [-0.39, 0.29) is 42.7 Å². The van der Waals surface area contributed by atoms with E-state index in [4.69, 9.17) is 29.3 Å². The van der Waals surface area contributed by atoms with Crippen LogP contribution in [0.4, 0.5) is 18.0 Å². The van der Waals surface area contributed by atoms with Gasteiger partial charge in [-0.05, 0) is 37.3 Å². The molecule has 1 fully saturated rings. The van der Waals surface area contributed by atoms with Crippen LogP contribution in [0.2, 0.25) is 0 Å². The molecular formula is C30H29F3N4O6S. The van der Waals surface area contributed by atoms with Crippen LogP contribution in [0.15, 0.2) is 67.3 Å². The highest BCUT2D eigenvalue weighted by atomic mass is 32.2. The van der Waals surface area contributed by atoms with Crippen molar-refractivity contribution in [3.63, 3.8) is 0 Å². The van der Waals surface area contributed by atoms with E-state index in [1.165, 1.54) is 47.3 Å². The zero-order chi connectivity index (χ0) is 31.5. The van der Waals surface area contributed by atoms with Crippen molar-refractivity contribution in [1.82, 2.24) is 14.8 Å². The molecule has 1 aromatic heterocycles. The molecule has 44 heavy (non-hydrogen) atoms. The van der Waals surface area contributed by atoms with Crippen molar-refractivity contribution in [2.24, 2.45) is 0 Å². The zero-order valence-electron chi connectivity index (χ0n) is 23.5. The third kappa shape index (κ3) is 8.48. The fourth-order valence-electron chi connectivity index (χ4n) is 4.43. The molecule has 1 saturated heterocycles. The number of carbonyl (C=O) groups excluding carboxylic acids is 1. The third-order valence-corrected chi connectivity index (χ3v) is 8.00. The lowest BCUT2D eigenvalue weighted by atomic mass is 9.89. The Morgan fingerprint density at radius 3 is 2.68 bits per heavy atom. The second kappa shape index (κ2) is 15.5. The largest absolute Gasteiger partial charge is 0.509 e. The van der Waals surface area contributed by atoms with Gasteiger partial charge in [-0.2, -0.15) is 10.4 Å². The smallest absolute Gasteiger partial charge is 0.432 e. The first-order chi connectivity index (χ1) is 21.2. The molecule has 0 spiro atoms. The molecule has 0 amide bonds. The highest BCUT2D eigenvalue weighted by Gasteiger charge is 2.47. The van der Waals surface area contributed by atoms with Crippen molar-refractivity contribution in [1.29, 1.82) is 5.26 Å². The number of aromatic nitrogens is 3. The summed E-state index contributed by atoms with van der Waals surface area (Å²) in [7, 11) is 0. The van der Waals surface area contributed by atoms with Crippen molar-refractivity contribution in [3.8, 4) is 6.07 Å².